The second-order valence-electron chi connectivity index (χ2n) is 3.32. The maximum absolute atomic E-state index is 10.7. The van der Waals surface area contributed by atoms with Crippen LogP contribution in [0.3, 0.4) is 0 Å². The normalized spacial score (nSPS) is 12.7. The van der Waals surface area contributed by atoms with Crippen LogP contribution >= 0.6 is 0 Å². The molecule has 0 bridgehead atoms. The van der Waals surface area contributed by atoms with E-state index in [0.29, 0.717) is 18.7 Å². The summed E-state index contributed by atoms with van der Waals surface area (Å²) in [7, 11) is 1.62. The predicted octanol–water partition coefficient (Wildman–Crippen LogP) is 1.10. The van der Waals surface area contributed by atoms with E-state index in [1.54, 1.807) is 13.2 Å². The van der Waals surface area contributed by atoms with Crippen LogP contribution in [0.25, 0.3) is 0 Å². The Hall–Kier alpha value is -1.33. The fourth-order valence-electron chi connectivity index (χ4n) is 1.26. The predicted molar refractivity (Wildman–Crippen MR) is 53.8 cm³/mol. The Kier molecular flexibility index (Phi) is 4.33. The van der Waals surface area contributed by atoms with Crippen molar-refractivity contribution >= 4 is 5.97 Å². The summed E-state index contributed by atoms with van der Waals surface area (Å²) in [6.07, 6.45) is 1.38. The first-order chi connectivity index (χ1) is 7.15. The van der Waals surface area contributed by atoms with Crippen LogP contribution in [0.2, 0.25) is 0 Å². The number of hydrogen-bond acceptors (Lipinski definition) is 4. The van der Waals surface area contributed by atoms with Gasteiger partial charge in [-0.05, 0) is 13.0 Å². The van der Waals surface area contributed by atoms with E-state index in [0.717, 1.165) is 0 Å². The summed E-state index contributed by atoms with van der Waals surface area (Å²) in [6.45, 7) is 3.01. The first-order valence-electron chi connectivity index (χ1n) is 4.67. The lowest BCUT2D eigenvalue weighted by atomic mass is 10.2. The number of rotatable bonds is 6. The highest BCUT2D eigenvalue weighted by Gasteiger charge is 2.13. The van der Waals surface area contributed by atoms with Gasteiger partial charge in [0.1, 0.15) is 0 Å². The molecular formula is C10H15NO4. The molecule has 1 rings (SSSR count). The maximum atomic E-state index is 10.7. The van der Waals surface area contributed by atoms with Crippen molar-refractivity contribution in [3.63, 3.8) is 0 Å². The van der Waals surface area contributed by atoms with E-state index < -0.39 is 5.97 Å². The van der Waals surface area contributed by atoms with Gasteiger partial charge in [0.05, 0.1) is 12.9 Å². The van der Waals surface area contributed by atoms with Crippen molar-refractivity contribution in [3.8, 4) is 0 Å². The average Bonchev–Trinajstić information content (AvgIpc) is 2.63. The summed E-state index contributed by atoms with van der Waals surface area (Å²) in [5.41, 5.74) is 0.644. The van der Waals surface area contributed by atoms with Gasteiger partial charge in [0.25, 0.3) is 0 Å². The van der Waals surface area contributed by atoms with Gasteiger partial charge in [-0.2, -0.15) is 0 Å². The largest absolute Gasteiger partial charge is 0.475 e. The van der Waals surface area contributed by atoms with Gasteiger partial charge in [-0.15, -0.1) is 0 Å². The van der Waals surface area contributed by atoms with Crippen LogP contribution in [0, 0.1) is 0 Å². The highest BCUT2D eigenvalue weighted by Crippen LogP contribution is 2.10. The zero-order valence-electron chi connectivity index (χ0n) is 8.82. The number of nitrogens with one attached hydrogen (secondary N) is 1. The molecule has 1 aromatic heterocycles. The summed E-state index contributed by atoms with van der Waals surface area (Å²) in [4.78, 5) is 10.7. The SMILES string of the molecule is COCC(C)NCc1ccoc1C(=O)O. The molecule has 0 saturated carbocycles. The first kappa shape index (κ1) is 11.7. The molecular weight excluding hydrogens is 198 g/mol. The summed E-state index contributed by atoms with van der Waals surface area (Å²) >= 11 is 0. The van der Waals surface area contributed by atoms with Crippen LogP contribution in [-0.4, -0.2) is 30.8 Å². The minimum absolute atomic E-state index is 0.00730. The number of carboxylic acid groups (broad SMARTS) is 1. The van der Waals surface area contributed by atoms with Crippen LogP contribution in [0.5, 0.6) is 0 Å². The van der Waals surface area contributed by atoms with Crippen molar-refractivity contribution in [1.82, 2.24) is 5.32 Å². The van der Waals surface area contributed by atoms with Crippen molar-refractivity contribution in [2.75, 3.05) is 13.7 Å². The van der Waals surface area contributed by atoms with Gasteiger partial charge >= 0.3 is 5.97 Å². The molecule has 0 aliphatic carbocycles. The maximum Gasteiger partial charge on any atom is 0.372 e. The van der Waals surface area contributed by atoms with Gasteiger partial charge in [-0.25, -0.2) is 4.79 Å². The Balaban J connectivity index is 2.50. The highest BCUT2D eigenvalue weighted by atomic mass is 16.5. The number of methoxy groups -OCH3 is 1. The summed E-state index contributed by atoms with van der Waals surface area (Å²) in [5.74, 6) is -1.05. The lowest BCUT2D eigenvalue weighted by molar-refractivity contribution is 0.0660. The second-order valence-corrected chi connectivity index (χ2v) is 3.32. The van der Waals surface area contributed by atoms with E-state index >= 15 is 0 Å². The minimum atomic E-state index is -1.05. The highest BCUT2D eigenvalue weighted by molar-refractivity contribution is 5.86. The minimum Gasteiger partial charge on any atom is -0.475 e. The van der Waals surface area contributed by atoms with Crippen LogP contribution in [0.1, 0.15) is 23.0 Å². The topological polar surface area (TPSA) is 71.7 Å². The molecule has 2 N–H and O–H groups in total. The zero-order chi connectivity index (χ0) is 11.3. The average molecular weight is 213 g/mol. The van der Waals surface area contributed by atoms with E-state index in [1.165, 1.54) is 6.26 Å². The van der Waals surface area contributed by atoms with Gasteiger partial charge in [0.2, 0.25) is 5.76 Å². The van der Waals surface area contributed by atoms with Crippen LogP contribution in [0.15, 0.2) is 16.7 Å². The van der Waals surface area contributed by atoms with E-state index in [-0.39, 0.29) is 11.8 Å². The fraction of sp³-hybridized carbons (Fsp3) is 0.500. The quantitative estimate of drug-likeness (QED) is 0.740. The number of hydrogen-bond donors (Lipinski definition) is 2. The van der Waals surface area contributed by atoms with Gasteiger partial charge < -0.3 is 19.6 Å². The molecule has 0 spiro atoms. The molecule has 0 amide bonds. The van der Waals surface area contributed by atoms with Gasteiger partial charge in [0, 0.05) is 25.3 Å². The molecule has 0 aliphatic rings. The molecule has 1 heterocycles. The Morgan fingerprint density at radius 2 is 2.47 bits per heavy atom. The van der Waals surface area contributed by atoms with Gasteiger partial charge in [-0.3, -0.25) is 0 Å². The lowest BCUT2D eigenvalue weighted by Crippen LogP contribution is -2.29. The first-order valence-corrected chi connectivity index (χ1v) is 4.67. The molecule has 15 heavy (non-hydrogen) atoms. The number of carbonyl (C=O) groups is 1. The molecule has 0 aromatic carbocycles. The molecule has 84 valence electrons. The third kappa shape index (κ3) is 3.38. The van der Waals surface area contributed by atoms with E-state index in [4.69, 9.17) is 14.3 Å². The smallest absolute Gasteiger partial charge is 0.372 e. The number of ether oxygens (including phenoxy) is 1. The van der Waals surface area contributed by atoms with Crippen molar-refractivity contribution in [3.05, 3.63) is 23.7 Å². The van der Waals surface area contributed by atoms with E-state index in [1.807, 2.05) is 6.92 Å². The Bertz CT molecular complexity index is 321. The molecule has 1 atom stereocenters. The zero-order valence-corrected chi connectivity index (χ0v) is 8.82. The Morgan fingerprint density at radius 3 is 3.07 bits per heavy atom. The van der Waals surface area contributed by atoms with Crippen molar-refractivity contribution in [2.45, 2.75) is 19.5 Å². The van der Waals surface area contributed by atoms with Gasteiger partial charge in [-0.1, -0.05) is 0 Å². The number of carboxylic acids is 1. The molecule has 0 aliphatic heterocycles. The Morgan fingerprint density at radius 1 is 1.73 bits per heavy atom. The molecule has 1 aromatic rings. The third-order valence-electron chi connectivity index (χ3n) is 2.00. The molecule has 0 saturated heterocycles. The lowest BCUT2D eigenvalue weighted by Gasteiger charge is -2.11. The second kappa shape index (κ2) is 5.53. The Labute approximate surface area is 88.0 Å². The van der Waals surface area contributed by atoms with E-state index in [9.17, 15) is 4.79 Å². The molecule has 5 heteroatoms. The van der Waals surface area contributed by atoms with Crippen LogP contribution in [-0.2, 0) is 11.3 Å². The van der Waals surface area contributed by atoms with Crippen molar-refractivity contribution in [2.24, 2.45) is 0 Å². The van der Waals surface area contributed by atoms with Crippen LogP contribution in [0.4, 0.5) is 0 Å². The monoisotopic (exact) mass is 213 g/mol. The van der Waals surface area contributed by atoms with Crippen molar-refractivity contribution < 1.29 is 19.1 Å². The standard InChI is InChI=1S/C10H15NO4/c1-7(6-14-2)11-5-8-3-4-15-9(8)10(12)13/h3-4,7,11H,5-6H2,1-2H3,(H,12,13). The van der Waals surface area contributed by atoms with Crippen molar-refractivity contribution in [1.29, 1.82) is 0 Å². The third-order valence-corrected chi connectivity index (χ3v) is 2.00. The van der Waals surface area contributed by atoms with Gasteiger partial charge in [0.15, 0.2) is 0 Å². The summed E-state index contributed by atoms with van der Waals surface area (Å²) in [5, 5.41) is 11.9. The molecule has 1 unspecified atom stereocenters. The van der Waals surface area contributed by atoms with Crippen LogP contribution < -0.4 is 5.32 Å². The van der Waals surface area contributed by atoms with E-state index in [2.05, 4.69) is 5.32 Å². The molecule has 5 nitrogen and oxygen atoms in total. The summed E-state index contributed by atoms with van der Waals surface area (Å²) in [6, 6.07) is 1.82. The molecule has 0 radical (unpaired) electrons. The summed E-state index contributed by atoms with van der Waals surface area (Å²) < 4.78 is 9.80. The number of aromatic carboxylic acids is 1. The number of furan rings is 1. The molecule has 0 fully saturated rings. The fourth-order valence-corrected chi connectivity index (χ4v) is 1.26.